The van der Waals surface area contributed by atoms with Crippen LogP contribution in [0.15, 0.2) is 85.1 Å². The molecule has 0 spiro atoms. The highest BCUT2D eigenvalue weighted by Gasteiger charge is 2.28. The molecule has 0 saturated carbocycles. The van der Waals surface area contributed by atoms with Crippen LogP contribution >= 0.6 is 7.82 Å². The number of nitrogens with zero attached hydrogens (tertiary/aromatic N) is 1. The number of aliphatic hydroxyl groups excluding tert-OH is 1. The molecule has 490 valence electrons. The van der Waals surface area contributed by atoms with Crippen LogP contribution in [0.1, 0.15) is 335 Å². The first-order valence-electron chi connectivity index (χ1n) is 36.0. The predicted octanol–water partition coefficient (Wildman–Crippen LogP) is 23.1. The number of phosphoric acid groups is 1. The van der Waals surface area contributed by atoms with Crippen molar-refractivity contribution in [3.05, 3.63) is 85.1 Å². The molecule has 0 radical (unpaired) electrons. The average molecular weight is 1200 g/mol. The molecule has 0 aromatic heterocycles. The lowest BCUT2D eigenvalue weighted by Crippen LogP contribution is -2.45. The van der Waals surface area contributed by atoms with Gasteiger partial charge in [-0.25, -0.2) is 4.57 Å². The first kappa shape index (κ1) is 81.7. The fraction of sp³-hybridized carbons (Fsp3) is 0.800. The van der Waals surface area contributed by atoms with E-state index in [1.165, 1.54) is 244 Å². The minimum Gasteiger partial charge on any atom is -0.387 e. The molecule has 0 aromatic carbocycles. The topological polar surface area (TPSA) is 105 Å². The molecule has 0 aliphatic heterocycles. The van der Waals surface area contributed by atoms with Gasteiger partial charge in [-0.3, -0.25) is 13.8 Å². The van der Waals surface area contributed by atoms with E-state index in [1.807, 2.05) is 27.2 Å². The molecule has 3 unspecified atom stereocenters. The maximum atomic E-state index is 13.1. The van der Waals surface area contributed by atoms with Crippen LogP contribution in [0.5, 0.6) is 0 Å². The van der Waals surface area contributed by atoms with Gasteiger partial charge in [0.05, 0.1) is 39.9 Å². The standard InChI is InChI=1S/C75H139N2O6P/c1-6-8-10-12-14-16-18-20-22-24-26-28-30-32-34-36-38-40-42-44-46-48-50-52-54-56-58-60-62-64-66-68-74(78)73(72-83-84(80,81)82-71-70-77(3,4)5)76-75(79)69-67-65-63-61-59-57-55-53-51-49-47-45-43-41-39-37-35-33-31-29-27-25-23-21-19-17-15-13-11-9-7-2/h9,11,15,17,21,23,27,29,50,52,58,60,66,68,73-74,78H,6-8,10,12-14,16,18-20,22,24-26,28,30-49,51,53-57,59,61-65,67,69-72H2,1-5H3,(H-,76,79,80,81)/p+1/b11-9-,17-15-,23-21-,29-27-,52-50+,60-58+,68-66+. The molecular weight excluding hydrogens is 1060 g/mol. The molecule has 3 N–H and O–H groups in total. The normalized spacial score (nSPS) is 14.1. The summed E-state index contributed by atoms with van der Waals surface area (Å²) in [5.74, 6) is -0.188. The Balaban J connectivity index is 4.11. The molecule has 0 fully saturated rings. The van der Waals surface area contributed by atoms with E-state index in [9.17, 15) is 19.4 Å². The molecule has 0 saturated heterocycles. The van der Waals surface area contributed by atoms with Gasteiger partial charge in [0.1, 0.15) is 13.2 Å². The summed E-state index contributed by atoms with van der Waals surface area (Å²) in [6, 6.07) is -0.875. The highest BCUT2D eigenvalue weighted by atomic mass is 31.2. The largest absolute Gasteiger partial charge is 0.472 e. The summed E-state index contributed by atoms with van der Waals surface area (Å²) in [5.41, 5.74) is 0. The second-order valence-corrected chi connectivity index (χ2v) is 27.0. The van der Waals surface area contributed by atoms with Crippen LogP contribution < -0.4 is 5.32 Å². The lowest BCUT2D eigenvalue weighted by molar-refractivity contribution is -0.870. The molecule has 0 aromatic rings. The number of quaternary nitrogens is 1. The van der Waals surface area contributed by atoms with E-state index in [0.717, 1.165) is 70.6 Å². The number of allylic oxidation sites excluding steroid dienone is 13. The molecule has 9 heteroatoms. The number of phosphoric ester groups is 1. The van der Waals surface area contributed by atoms with Gasteiger partial charge in [0.15, 0.2) is 0 Å². The quantitative estimate of drug-likeness (QED) is 0.0243. The third-order valence-electron chi connectivity index (χ3n) is 16.1. The Hall–Kier alpha value is -2.32. The van der Waals surface area contributed by atoms with Crippen LogP contribution in [-0.2, 0) is 18.4 Å². The van der Waals surface area contributed by atoms with Crippen LogP contribution in [0.2, 0.25) is 0 Å². The molecule has 0 bridgehead atoms. The van der Waals surface area contributed by atoms with E-state index in [0.29, 0.717) is 17.4 Å². The Kier molecular flexibility index (Phi) is 63.3. The molecule has 0 rings (SSSR count). The molecule has 3 atom stereocenters. The van der Waals surface area contributed by atoms with Crippen molar-refractivity contribution in [2.75, 3.05) is 40.9 Å². The van der Waals surface area contributed by atoms with Crippen molar-refractivity contribution in [3.63, 3.8) is 0 Å². The van der Waals surface area contributed by atoms with Gasteiger partial charge in [0.2, 0.25) is 5.91 Å². The number of rotatable bonds is 66. The Morgan fingerprint density at radius 2 is 0.726 bits per heavy atom. The number of unbranched alkanes of at least 4 members (excludes halogenated alkanes) is 41. The highest BCUT2D eigenvalue weighted by Crippen LogP contribution is 2.43. The zero-order chi connectivity index (χ0) is 61.2. The third-order valence-corrected chi connectivity index (χ3v) is 17.1. The minimum atomic E-state index is -4.37. The first-order valence-corrected chi connectivity index (χ1v) is 37.5. The van der Waals surface area contributed by atoms with Crippen LogP contribution in [0, 0.1) is 0 Å². The van der Waals surface area contributed by atoms with Crippen molar-refractivity contribution in [2.24, 2.45) is 0 Å². The maximum Gasteiger partial charge on any atom is 0.472 e. The van der Waals surface area contributed by atoms with Crippen molar-refractivity contribution in [1.82, 2.24) is 5.32 Å². The zero-order valence-corrected chi connectivity index (χ0v) is 57.0. The van der Waals surface area contributed by atoms with Gasteiger partial charge in [-0.1, -0.05) is 330 Å². The maximum absolute atomic E-state index is 13.1. The Bertz CT molecular complexity index is 1650. The molecule has 0 aliphatic carbocycles. The molecule has 8 nitrogen and oxygen atoms in total. The number of aliphatic hydroxyl groups is 1. The van der Waals surface area contributed by atoms with Crippen LogP contribution in [0.3, 0.4) is 0 Å². The molecule has 0 aliphatic rings. The van der Waals surface area contributed by atoms with E-state index >= 15 is 0 Å². The first-order chi connectivity index (χ1) is 41.0. The third kappa shape index (κ3) is 67.2. The van der Waals surface area contributed by atoms with Crippen molar-refractivity contribution >= 4 is 13.7 Å². The lowest BCUT2D eigenvalue weighted by atomic mass is 10.0. The predicted molar refractivity (Wildman–Crippen MR) is 369 cm³/mol. The van der Waals surface area contributed by atoms with Crippen LogP contribution in [-0.4, -0.2) is 73.4 Å². The second kappa shape index (κ2) is 65.1. The fourth-order valence-electron chi connectivity index (χ4n) is 10.5. The van der Waals surface area contributed by atoms with Crippen molar-refractivity contribution in [2.45, 2.75) is 347 Å². The highest BCUT2D eigenvalue weighted by molar-refractivity contribution is 7.47. The summed E-state index contributed by atoms with van der Waals surface area (Å²) in [4.78, 5) is 23.4. The van der Waals surface area contributed by atoms with Crippen molar-refractivity contribution in [3.8, 4) is 0 Å². The molecular formula is C75H140N2O6P+. The van der Waals surface area contributed by atoms with Gasteiger partial charge < -0.3 is 19.8 Å². The zero-order valence-electron chi connectivity index (χ0n) is 56.1. The lowest BCUT2D eigenvalue weighted by Gasteiger charge is -2.25. The summed E-state index contributed by atoms with van der Waals surface area (Å²) in [7, 11) is 1.55. The Labute approximate surface area is 522 Å². The molecule has 0 heterocycles. The van der Waals surface area contributed by atoms with Crippen molar-refractivity contribution in [1.29, 1.82) is 0 Å². The fourth-order valence-corrected chi connectivity index (χ4v) is 11.3. The summed E-state index contributed by atoms with van der Waals surface area (Å²) >= 11 is 0. The van der Waals surface area contributed by atoms with E-state index in [4.69, 9.17) is 9.05 Å². The van der Waals surface area contributed by atoms with E-state index in [1.54, 1.807) is 6.08 Å². The van der Waals surface area contributed by atoms with Crippen LogP contribution in [0.25, 0.3) is 0 Å². The van der Waals surface area contributed by atoms with Crippen LogP contribution in [0.4, 0.5) is 0 Å². The number of carbonyl (C=O) groups is 1. The smallest absolute Gasteiger partial charge is 0.387 e. The summed E-state index contributed by atoms with van der Waals surface area (Å²) in [6.07, 6.45) is 93.2. The SMILES string of the molecule is CC/C=C\C/C=C\C/C=C\C/C=C\CCCCCCCCCCCCCCCCCCCCC(=O)NC(COP(=O)(O)OCC[N+](C)(C)C)C(O)/C=C/CC/C=C/CC/C=C/CCCCCCCCCCCCCCCCCCCCCCC. The van der Waals surface area contributed by atoms with Gasteiger partial charge in [-0.05, 0) is 83.5 Å². The second-order valence-electron chi connectivity index (χ2n) is 25.6. The Morgan fingerprint density at radius 1 is 0.417 bits per heavy atom. The summed E-state index contributed by atoms with van der Waals surface area (Å²) < 4.78 is 23.8. The number of hydrogen-bond acceptors (Lipinski definition) is 5. The number of carbonyl (C=O) groups excluding carboxylic acids is 1. The van der Waals surface area contributed by atoms with Gasteiger partial charge in [-0.2, -0.15) is 0 Å². The molecule has 84 heavy (non-hydrogen) atoms. The summed E-state index contributed by atoms with van der Waals surface area (Å²) in [6.45, 7) is 4.71. The Morgan fingerprint density at radius 3 is 1.10 bits per heavy atom. The monoisotopic (exact) mass is 1200 g/mol. The van der Waals surface area contributed by atoms with Gasteiger partial charge in [-0.15, -0.1) is 0 Å². The number of amides is 1. The average Bonchev–Trinajstić information content (AvgIpc) is 3.56. The number of nitrogens with one attached hydrogen (secondary N) is 1. The van der Waals surface area contributed by atoms with E-state index in [2.05, 4.69) is 92.1 Å². The van der Waals surface area contributed by atoms with Crippen molar-refractivity contribution < 1.29 is 32.9 Å². The molecule has 1 amide bonds. The minimum absolute atomic E-state index is 0.0519. The number of likely N-dealkylation sites (N-methyl/N-ethyl adjacent to an activating group) is 1. The van der Waals surface area contributed by atoms with Gasteiger partial charge >= 0.3 is 7.82 Å². The van der Waals surface area contributed by atoms with E-state index in [-0.39, 0.29) is 19.1 Å². The van der Waals surface area contributed by atoms with Gasteiger partial charge in [0, 0.05) is 6.42 Å². The van der Waals surface area contributed by atoms with Gasteiger partial charge in [0.25, 0.3) is 0 Å². The van der Waals surface area contributed by atoms with E-state index < -0.39 is 20.0 Å². The number of hydrogen-bond donors (Lipinski definition) is 3. The summed E-state index contributed by atoms with van der Waals surface area (Å²) in [5, 5.41) is 14.0.